The number of hydrogen-bond acceptors (Lipinski definition) is 5. The Balaban J connectivity index is 1.46. The lowest BCUT2D eigenvalue weighted by molar-refractivity contribution is -0.121. The second-order valence-electron chi connectivity index (χ2n) is 5.72. The third kappa shape index (κ3) is 4.22. The van der Waals surface area contributed by atoms with Gasteiger partial charge in [0.05, 0.1) is 6.10 Å². The first kappa shape index (κ1) is 15.8. The van der Waals surface area contributed by atoms with Crippen LogP contribution in [-0.2, 0) is 9.53 Å². The van der Waals surface area contributed by atoms with Gasteiger partial charge in [0, 0.05) is 31.6 Å². The molecule has 0 bridgehead atoms. The Hall–Kier alpha value is -2.08. The van der Waals surface area contributed by atoms with Crippen LogP contribution in [0.15, 0.2) is 18.2 Å². The van der Waals surface area contributed by atoms with Crippen LogP contribution in [0.2, 0.25) is 0 Å². The van der Waals surface area contributed by atoms with E-state index in [2.05, 4.69) is 5.32 Å². The molecule has 0 aliphatic carbocycles. The van der Waals surface area contributed by atoms with E-state index in [0.29, 0.717) is 36.8 Å². The molecule has 1 atom stereocenters. The van der Waals surface area contributed by atoms with Crippen molar-refractivity contribution < 1.29 is 23.8 Å². The fourth-order valence-electron chi connectivity index (χ4n) is 2.71. The number of rotatable bonds is 6. The second kappa shape index (κ2) is 7.46. The number of nitrogens with one attached hydrogen (secondary N) is 1. The van der Waals surface area contributed by atoms with Gasteiger partial charge in [0.2, 0.25) is 5.91 Å². The predicted molar refractivity (Wildman–Crippen MR) is 83.0 cm³/mol. The summed E-state index contributed by atoms with van der Waals surface area (Å²) in [7, 11) is 0. The number of hydrogen-bond donors (Lipinski definition) is 1. The Labute approximate surface area is 135 Å². The number of ketones is 1. The van der Waals surface area contributed by atoms with E-state index in [1.807, 2.05) is 0 Å². The van der Waals surface area contributed by atoms with Crippen molar-refractivity contribution in [1.29, 1.82) is 0 Å². The summed E-state index contributed by atoms with van der Waals surface area (Å²) in [4.78, 5) is 24.0. The Morgan fingerprint density at radius 1 is 1.09 bits per heavy atom. The SMILES string of the molecule is O=C(CCC(=O)c1ccc2c(c1)OCCO2)NCC1CCCO1. The van der Waals surface area contributed by atoms with Crippen molar-refractivity contribution in [1.82, 2.24) is 5.32 Å². The number of ether oxygens (including phenoxy) is 3. The van der Waals surface area contributed by atoms with Gasteiger partial charge < -0.3 is 19.5 Å². The highest BCUT2D eigenvalue weighted by atomic mass is 16.6. The standard InChI is InChI=1S/C17H21NO5/c19-14(4-6-17(20)18-11-13-2-1-7-21-13)12-3-5-15-16(10-12)23-9-8-22-15/h3,5,10,13H,1-2,4,6-9,11H2,(H,18,20). The molecule has 0 radical (unpaired) electrons. The summed E-state index contributed by atoms with van der Waals surface area (Å²) >= 11 is 0. The number of amides is 1. The molecule has 23 heavy (non-hydrogen) atoms. The molecule has 1 N–H and O–H groups in total. The van der Waals surface area contributed by atoms with Crippen LogP contribution >= 0.6 is 0 Å². The van der Waals surface area contributed by atoms with Crippen molar-refractivity contribution in [3.05, 3.63) is 23.8 Å². The van der Waals surface area contributed by atoms with Crippen LogP contribution in [0.4, 0.5) is 0 Å². The predicted octanol–water partition coefficient (Wildman–Crippen LogP) is 1.72. The smallest absolute Gasteiger partial charge is 0.220 e. The summed E-state index contributed by atoms with van der Waals surface area (Å²) in [6, 6.07) is 5.13. The maximum Gasteiger partial charge on any atom is 0.220 e. The zero-order valence-corrected chi connectivity index (χ0v) is 13.0. The summed E-state index contributed by atoms with van der Waals surface area (Å²) in [5, 5.41) is 2.82. The molecule has 2 heterocycles. The third-order valence-corrected chi connectivity index (χ3v) is 3.99. The van der Waals surface area contributed by atoms with E-state index < -0.39 is 0 Å². The molecular weight excluding hydrogens is 298 g/mol. The first-order valence-corrected chi connectivity index (χ1v) is 8.03. The van der Waals surface area contributed by atoms with Crippen molar-refractivity contribution in [2.24, 2.45) is 0 Å². The van der Waals surface area contributed by atoms with Crippen LogP contribution < -0.4 is 14.8 Å². The van der Waals surface area contributed by atoms with Gasteiger partial charge in [0.25, 0.3) is 0 Å². The molecule has 6 nitrogen and oxygen atoms in total. The summed E-state index contributed by atoms with van der Waals surface area (Å²) in [6.45, 7) is 2.29. The van der Waals surface area contributed by atoms with E-state index in [1.54, 1.807) is 18.2 Å². The van der Waals surface area contributed by atoms with Gasteiger partial charge in [-0.05, 0) is 31.0 Å². The lowest BCUT2D eigenvalue weighted by Crippen LogP contribution is -2.31. The fourth-order valence-corrected chi connectivity index (χ4v) is 2.71. The van der Waals surface area contributed by atoms with E-state index >= 15 is 0 Å². The van der Waals surface area contributed by atoms with Crippen molar-refractivity contribution in [2.75, 3.05) is 26.4 Å². The van der Waals surface area contributed by atoms with Gasteiger partial charge >= 0.3 is 0 Å². The first-order chi connectivity index (χ1) is 11.2. The molecule has 0 saturated carbocycles. The van der Waals surface area contributed by atoms with Crippen molar-refractivity contribution in [3.63, 3.8) is 0 Å². The lowest BCUT2D eigenvalue weighted by Gasteiger charge is -2.18. The molecule has 1 amide bonds. The van der Waals surface area contributed by atoms with E-state index in [1.165, 1.54) is 0 Å². The molecule has 0 spiro atoms. The van der Waals surface area contributed by atoms with Gasteiger partial charge in [-0.25, -0.2) is 0 Å². The molecule has 1 aromatic carbocycles. The topological polar surface area (TPSA) is 73.9 Å². The minimum Gasteiger partial charge on any atom is -0.486 e. The number of carbonyl (C=O) groups is 2. The quantitative estimate of drug-likeness (QED) is 0.808. The van der Waals surface area contributed by atoms with Crippen LogP contribution in [-0.4, -0.2) is 44.2 Å². The molecule has 0 aromatic heterocycles. The molecular formula is C17H21NO5. The number of Topliss-reactive ketones (excluding diaryl/α,β-unsaturated/α-hetero) is 1. The van der Waals surface area contributed by atoms with Crippen LogP contribution in [0.5, 0.6) is 11.5 Å². The van der Waals surface area contributed by atoms with E-state index in [-0.39, 0.29) is 30.6 Å². The van der Waals surface area contributed by atoms with Gasteiger partial charge in [0.1, 0.15) is 13.2 Å². The Bertz CT molecular complexity index is 580. The maximum atomic E-state index is 12.2. The number of fused-ring (bicyclic) bond motifs is 1. The third-order valence-electron chi connectivity index (χ3n) is 3.99. The molecule has 6 heteroatoms. The Morgan fingerprint density at radius 3 is 2.70 bits per heavy atom. The van der Waals surface area contributed by atoms with Gasteiger partial charge in [-0.1, -0.05) is 0 Å². The molecule has 1 saturated heterocycles. The zero-order valence-electron chi connectivity index (χ0n) is 13.0. The molecule has 1 unspecified atom stereocenters. The minimum absolute atomic E-state index is 0.0748. The molecule has 1 aromatic rings. The highest BCUT2D eigenvalue weighted by molar-refractivity contribution is 5.98. The highest BCUT2D eigenvalue weighted by Crippen LogP contribution is 2.31. The van der Waals surface area contributed by atoms with Crippen molar-refractivity contribution in [2.45, 2.75) is 31.8 Å². The molecule has 2 aliphatic heterocycles. The highest BCUT2D eigenvalue weighted by Gasteiger charge is 2.18. The van der Waals surface area contributed by atoms with E-state index in [9.17, 15) is 9.59 Å². The average molecular weight is 319 g/mol. The minimum atomic E-state index is -0.119. The fraction of sp³-hybridized carbons (Fsp3) is 0.529. The first-order valence-electron chi connectivity index (χ1n) is 8.03. The molecule has 124 valence electrons. The van der Waals surface area contributed by atoms with E-state index in [0.717, 1.165) is 19.4 Å². The van der Waals surface area contributed by atoms with Crippen LogP contribution in [0, 0.1) is 0 Å². The Kier molecular flexibility index (Phi) is 5.12. The zero-order chi connectivity index (χ0) is 16.1. The Morgan fingerprint density at radius 2 is 1.91 bits per heavy atom. The maximum absolute atomic E-state index is 12.2. The lowest BCUT2D eigenvalue weighted by atomic mass is 10.1. The summed E-state index contributed by atoms with van der Waals surface area (Å²) < 4.78 is 16.3. The summed E-state index contributed by atoms with van der Waals surface area (Å²) in [5.41, 5.74) is 0.543. The molecule has 1 fully saturated rings. The van der Waals surface area contributed by atoms with Gasteiger partial charge in [0.15, 0.2) is 17.3 Å². The average Bonchev–Trinajstić information content (AvgIpc) is 3.11. The van der Waals surface area contributed by atoms with Gasteiger partial charge in [-0.15, -0.1) is 0 Å². The normalized spacial score (nSPS) is 19.4. The van der Waals surface area contributed by atoms with Gasteiger partial charge in [-0.3, -0.25) is 9.59 Å². The monoisotopic (exact) mass is 319 g/mol. The van der Waals surface area contributed by atoms with Crippen LogP contribution in [0.3, 0.4) is 0 Å². The van der Waals surface area contributed by atoms with E-state index in [4.69, 9.17) is 14.2 Å². The van der Waals surface area contributed by atoms with Crippen molar-refractivity contribution >= 4 is 11.7 Å². The largest absolute Gasteiger partial charge is 0.486 e. The summed E-state index contributed by atoms with van der Waals surface area (Å²) in [5.74, 6) is 1.05. The van der Waals surface area contributed by atoms with Crippen molar-refractivity contribution in [3.8, 4) is 11.5 Å². The molecule has 2 aliphatic rings. The molecule has 3 rings (SSSR count). The second-order valence-corrected chi connectivity index (χ2v) is 5.72. The van der Waals surface area contributed by atoms with Crippen LogP contribution in [0.1, 0.15) is 36.0 Å². The summed E-state index contributed by atoms with van der Waals surface area (Å²) in [6.07, 6.45) is 2.50. The number of benzene rings is 1. The van der Waals surface area contributed by atoms with Crippen LogP contribution in [0.25, 0.3) is 0 Å². The number of carbonyl (C=O) groups excluding carboxylic acids is 2. The van der Waals surface area contributed by atoms with Gasteiger partial charge in [-0.2, -0.15) is 0 Å².